The van der Waals surface area contributed by atoms with Gasteiger partial charge in [0, 0.05) is 13.1 Å². The molecule has 2 rings (SSSR count). The molecule has 0 fully saturated rings. The summed E-state index contributed by atoms with van der Waals surface area (Å²) in [5, 5.41) is 2.92. The van der Waals surface area contributed by atoms with Crippen molar-refractivity contribution < 1.29 is 22.7 Å². The number of carbonyl (C=O) groups excluding carboxylic acids is 2. The molecule has 0 aromatic heterocycles. The van der Waals surface area contributed by atoms with Crippen LogP contribution in [0.3, 0.4) is 0 Å². The van der Waals surface area contributed by atoms with Crippen molar-refractivity contribution in [2.75, 3.05) is 36.8 Å². The molecule has 0 aliphatic carbocycles. The van der Waals surface area contributed by atoms with E-state index in [9.17, 15) is 18.0 Å². The van der Waals surface area contributed by atoms with E-state index in [-0.39, 0.29) is 5.91 Å². The first kappa shape index (κ1) is 29.2. The molecule has 2 amide bonds. The summed E-state index contributed by atoms with van der Waals surface area (Å²) >= 11 is 0. The zero-order valence-corrected chi connectivity index (χ0v) is 22.6. The number of nitrogens with zero attached hydrogens (tertiary/aromatic N) is 2. The van der Waals surface area contributed by atoms with E-state index < -0.39 is 28.5 Å². The minimum atomic E-state index is -3.76. The largest absolute Gasteiger partial charge is 0.494 e. The van der Waals surface area contributed by atoms with Crippen LogP contribution in [0, 0.1) is 0 Å². The van der Waals surface area contributed by atoms with Crippen molar-refractivity contribution in [2.45, 2.75) is 52.5 Å². The third kappa shape index (κ3) is 8.86. The number of carbonyl (C=O) groups is 2. The van der Waals surface area contributed by atoms with E-state index in [1.807, 2.05) is 51.1 Å². The Labute approximate surface area is 215 Å². The first-order valence-corrected chi connectivity index (χ1v) is 14.4. The van der Waals surface area contributed by atoms with E-state index in [4.69, 9.17) is 4.74 Å². The SMILES string of the molecule is CCCCNC(=O)C(CC)N(CCc1ccccc1)C(=O)CN(c1ccc(OCC)cc1)S(C)(=O)=O. The van der Waals surface area contributed by atoms with Crippen molar-refractivity contribution in [1.82, 2.24) is 10.2 Å². The highest BCUT2D eigenvalue weighted by Crippen LogP contribution is 2.22. The molecule has 0 heterocycles. The maximum absolute atomic E-state index is 13.6. The number of sulfonamides is 1. The van der Waals surface area contributed by atoms with Crippen molar-refractivity contribution in [2.24, 2.45) is 0 Å². The van der Waals surface area contributed by atoms with Gasteiger partial charge in [-0.2, -0.15) is 0 Å². The number of hydrogen-bond donors (Lipinski definition) is 1. The number of benzene rings is 2. The molecular formula is C27H39N3O5S. The number of unbranched alkanes of at least 4 members (excludes halogenated alkanes) is 1. The van der Waals surface area contributed by atoms with E-state index in [0.29, 0.717) is 44.0 Å². The summed E-state index contributed by atoms with van der Waals surface area (Å²) in [4.78, 5) is 28.1. The minimum absolute atomic E-state index is 0.223. The van der Waals surface area contributed by atoms with E-state index >= 15 is 0 Å². The summed E-state index contributed by atoms with van der Waals surface area (Å²) in [5.74, 6) is -0.0395. The smallest absolute Gasteiger partial charge is 0.244 e. The monoisotopic (exact) mass is 517 g/mol. The highest BCUT2D eigenvalue weighted by molar-refractivity contribution is 7.92. The quantitative estimate of drug-likeness (QED) is 0.364. The third-order valence-electron chi connectivity index (χ3n) is 5.81. The molecule has 0 aliphatic heterocycles. The summed E-state index contributed by atoms with van der Waals surface area (Å²) in [7, 11) is -3.76. The molecule has 8 nitrogen and oxygen atoms in total. The van der Waals surface area contributed by atoms with Gasteiger partial charge in [0.15, 0.2) is 0 Å². The van der Waals surface area contributed by atoms with Crippen LogP contribution in [0.25, 0.3) is 0 Å². The summed E-state index contributed by atoms with van der Waals surface area (Å²) < 4.78 is 31.9. The van der Waals surface area contributed by atoms with Crippen LogP contribution in [-0.2, 0) is 26.0 Å². The fraction of sp³-hybridized carbons (Fsp3) is 0.481. The standard InChI is InChI=1S/C27H39N3O5S/c1-5-8-19-28-27(32)25(6-2)29(20-18-22-12-10-9-11-13-22)26(31)21-30(36(4,33)34)23-14-16-24(17-15-23)35-7-3/h9-17,25H,5-8,18-21H2,1-4H3,(H,28,32). The Morgan fingerprint density at radius 1 is 1.00 bits per heavy atom. The number of rotatable bonds is 15. The van der Waals surface area contributed by atoms with E-state index in [0.717, 1.165) is 29.0 Å². The van der Waals surface area contributed by atoms with Crippen molar-refractivity contribution in [3.8, 4) is 5.75 Å². The predicted octanol–water partition coefficient (Wildman–Crippen LogP) is 3.62. The van der Waals surface area contributed by atoms with E-state index in [1.165, 1.54) is 4.90 Å². The molecule has 0 aliphatic rings. The average Bonchev–Trinajstić information content (AvgIpc) is 2.85. The zero-order valence-electron chi connectivity index (χ0n) is 21.8. The van der Waals surface area contributed by atoms with Gasteiger partial charge in [-0.05, 0) is 56.0 Å². The maximum Gasteiger partial charge on any atom is 0.244 e. The number of anilines is 1. The van der Waals surface area contributed by atoms with Gasteiger partial charge in [0.05, 0.1) is 18.6 Å². The summed E-state index contributed by atoms with van der Waals surface area (Å²) in [6.45, 7) is 6.68. The van der Waals surface area contributed by atoms with Crippen molar-refractivity contribution in [3.63, 3.8) is 0 Å². The topological polar surface area (TPSA) is 96.0 Å². The van der Waals surface area contributed by atoms with Crippen LogP contribution in [-0.4, -0.2) is 63.7 Å². The lowest BCUT2D eigenvalue weighted by Crippen LogP contribution is -2.53. The molecule has 0 saturated heterocycles. The van der Waals surface area contributed by atoms with Crippen molar-refractivity contribution in [3.05, 3.63) is 60.2 Å². The van der Waals surface area contributed by atoms with Crippen LogP contribution < -0.4 is 14.4 Å². The molecule has 1 unspecified atom stereocenters. The molecule has 1 N–H and O–H groups in total. The van der Waals surface area contributed by atoms with Gasteiger partial charge in [0.2, 0.25) is 21.8 Å². The zero-order chi connectivity index (χ0) is 26.6. The van der Waals surface area contributed by atoms with Gasteiger partial charge in [-0.25, -0.2) is 8.42 Å². The Kier molecular flexibility index (Phi) is 11.7. The lowest BCUT2D eigenvalue weighted by Gasteiger charge is -2.33. The Morgan fingerprint density at radius 3 is 2.22 bits per heavy atom. The van der Waals surface area contributed by atoms with Crippen LogP contribution in [0.1, 0.15) is 45.6 Å². The number of ether oxygens (including phenoxy) is 1. The second-order valence-electron chi connectivity index (χ2n) is 8.59. The average molecular weight is 518 g/mol. The van der Waals surface area contributed by atoms with E-state index in [1.54, 1.807) is 24.3 Å². The minimum Gasteiger partial charge on any atom is -0.494 e. The van der Waals surface area contributed by atoms with Gasteiger partial charge >= 0.3 is 0 Å². The summed E-state index contributed by atoms with van der Waals surface area (Å²) in [6.07, 6.45) is 3.83. The lowest BCUT2D eigenvalue weighted by molar-refractivity contribution is -0.139. The molecule has 36 heavy (non-hydrogen) atoms. The molecule has 0 bridgehead atoms. The lowest BCUT2D eigenvalue weighted by atomic mass is 10.1. The fourth-order valence-electron chi connectivity index (χ4n) is 3.89. The molecule has 2 aromatic carbocycles. The second-order valence-corrected chi connectivity index (χ2v) is 10.5. The van der Waals surface area contributed by atoms with Crippen molar-refractivity contribution in [1.29, 1.82) is 0 Å². The molecule has 0 radical (unpaired) electrons. The molecule has 1 atom stereocenters. The predicted molar refractivity (Wildman–Crippen MR) is 144 cm³/mol. The highest BCUT2D eigenvalue weighted by Gasteiger charge is 2.31. The highest BCUT2D eigenvalue weighted by atomic mass is 32.2. The fourth-order valence-corrected chi connectivity index (χ4v) is 4.74. The third-order valence-corrected chi connectivity index (χ3v) is 6.96. The molecule has 198 valence electrons. The van der Waals surface area contributed by atoms with Gasteiger partial charge in [0.1, 0.15) is 18.3 Å². The van der Waals surface area contributed by atoms with Crippen LogP contribution >= 0.6 is 0 Å². The normalized spacial score (nSPS) is 12.0. The Bertz CT molecular complexity index is 1060. The van der Waals surface area contributed by atoms with Gasteiger partial charge in [0.25, 0.3) is 0 Å². The van der Waals surface area contributed by atoms with Crippen LogP contribution in [0.15, 0.2) is 54.6 Å². The van der Waals surface area contributed by atoms with E-state index in [2.05, 4.69) is 5.32 Å². The molecular weight excluding hydrogens is 478 g/mol. The Balaban J connectivity index is 2.31. The number of nitrogens with one attached hydrogen (secondary N) is 1. The van der Waals surface area contributed by atoms with Crippen LogP contribution in [0.5, 0.6) is 5.75 Å². The molecule has 2 aromatic rings. The van der Waals surface area contributed by atoms with Crippen LogP contribution in [0.2, 0.25) is 0 Å². The Morgan fingerprint density at radius 2 is 1.67 bits per heavy atom. The summed E-state index contributed by atoms with van der Waals surface area (Å²) in [6, 6.07) is 15.6. The number of hydrogen-bond acceptors (Lipinski definition) is 5. The van der Waals surface area contributed by atoms with Gasteiger partial charge < -0.3 is 15.0 Å². The first-order chi connectivity index (χ1) is 17.2. The van der Waals surface area contributed by atoms with Crippen molar-refractivity contribution >= 4 is 27.5 Å². The molecule has 9 heteroatoms. The van der Waals surface area contributed by atoms with Gasteiger partial charge in [-0.15, -0.1) is 0 Å². The second kappa shape index (κ2) is 14.5. The number of amides is 2. The van der Waals surface area contributed by atoms with Gasteiger partial charge in [-0.3, -0.25) is 13.9 Å². The Hall–Kier alpha value is -3.07. The molecule has 0 saturated carbocycles. The van der Waals surface area contributed by atoms with Gasteiger partial charge in [-0.1, -0.05) is 50.6 Å². The first-order valence-electron chi connectivity index (χ1n) is 12.5. The van der Waals surface area contributed by atoms with Crippen LogP contribution in [0.4, 0.5) is 5.69 Å². The summed E-state index contributed by atoms with van der Waals surface area (Å²) in [5.41, 5.74) is 1.39. The maximum atomic E-state index is 13.6. The molecule has 0 spiro atoms.